The topological polar surface area (TPSA) is 92.4 Å². The summed E-state index contributed by atoms with van der Waals surface area (Å²) >= 11 is 11.5. The highest BCUT2D eigenvalue weighted by molar-refractivity contribution is 6.33. The van der Waals surface area contributed by atoms with Crippen molar-refractivity contribution in [2.45, 2.75) is 0 Å². The Morgan fingerprint density at radius 1 is 1.10 bits per heavy atom. The lowest BCUT2D eigenvalue weighted by molar-refractivity contribution is 0.0698. The van der Waals surface area contributed by atoms with Gasteiger partial charge in [0, 0.05) is 10.6 Å². The Balaban J connectivity index is 2.31. The Hall–Kier alpha value is -2.24. The lowest BCUT2D eigenvalue weighted by atomic mass is 10.1. The standard InChI is InChI=1S/C14H10Cl2N2O3/c15-8-2-4-12(9(6-8)14(20)21)18-13(19)7-1-3-10(16)11(17)5-7/h1-6H,17H2,(H,18,19)(H,20,21). The molecular formula is C14H10Cl2N2O3. The molecule has 1 amide bonds. The van der Waals surface area contributed by atoms with Crippen LogP contribution in [-0.4, -0.2) is 17.0 Å². The maximum absolute atomic E-state index is 12.1. The fraction of sp³-hybridized carbons (Fsp3) is 0. The zero-order valence-corrected chi connectivity index (χ0v) is 12.1. The number of aromatic carboxylic acids is 1. The molecule has 0 atom stereocenters. The van der Waals surface area contributed by atoms with E-state index in [4.69, 9.17) is 34.0 Å². The molecule has 7 heteroatoms. The molecule has 5 nitrogen and oxygen atoms in total. The van der Waals surface area contributed by atoms with Crippen molar-refractivity contribution in [3.8, 4) is 0 Å². The molecule has 0 aromatic heterocycles. The van der Waals surface area contributed by atoms with Gasteiger partial charge in [0.15, 0.2) is 0 Å². The van der Waals surface area contributed by atoms with Gasteiger partial charge in [-0.2, -0.15) is 0 Å². The van der Waals surface area contributed by atoms with E-state index in [1.165, 1.54) is 36.4 Å². The number of hydrogen-bond donors (Lipinski definition) is 3. The number of carboxylic acids is 1. The third kappa shape index (κ3) is 3.45. The van der Waals surface area contributed by atoms with Crippen LogP contribution in [0.25, 0.3) is 0 Å². The molecule has 0 aliphatic rings. The van der Waals surface area contributed by atoms with E-state index in [9.17, 15) is 9.59 Å². The molecule has 0 aliphatic carbocycles. The van der Waals surface area contributed by atoms with Gasteiger partial charge in [-0.15, -0.1) is 0 Å². The molecule has 2 aromatic carbocycles. The average Bonchev–Trinajstić information content (AvgIpc) is 2.43. The Labute approximate surface area is 130 Å². The van der Waals surface area contributed by atoms with Crippen molar-refractivity contribution >= 4 is 46.5 Å². The fourth-order valence-electron chi connectivity index (χ4n) is 1.68. The monoisotopic (exact) mass is 324 g/mol. The minimum Gasteiger partial charge on any atom is -0.478 e. The van der Waals surface area contributed by atoms with Crippen LogP contribution in [0.2, 0.25) is 10.0 Å². The Bertz CT molecular complexity index is 732. The molecule has 2 rings (SSSR count). The van der Waals surface area contributed by atoms with Crippen molar-refractivity contribution in [2.75, 3.05) is 11.1 Å². The molecule has 0 unspecified atom stereocenters. The molecule has 0 heterocycles. The summed E-state index contributed by atoms with van der Waals surface area (Å²) in [4.78, 5) is 23.2. The number of carboxylic acid groups (broad SMARTS) is 1. The summed E-state index contributed by atoms with van der Waals surface area (Å²) in [6.45, 7) is 0. The van der Waals surface area contributed by atoms with E-state index >= 15 is 0 Å². The smallest absolute Gasteiger partial charge is 0.337 e. The van der Waals surface area contributed by atoms with Crippen molar-refractivity contribution in [3.63, 3.8) is 0 Å². The maximum atomic E-state index is 12.1. The largest absolute Gasteiger partial charge is 0.478 e. The number of carbonyl (C=O) groups is 2. The number of nitrogens with one attached hydrogen (secondary N) is 1. The molecule has 0 saturated carbocycles. The lowest BCUT2D eigenvalue weighted by Crippen LogP contribution is -2.15. The summed E-state index contributed by atoms with van der Waals surface area (Å²) in [5.74, 6) is -1.69. The van der Waals surface area contributed by atoms with Crippen molar-refractivity contribution in [1.29, 1.82) is 0 Å². The van der Waals surface area contributed by atoms with Gasteiger partial charge in [0.2, 0.25) is 0 Å². The van der Waals surface area contributed by atoms with Crippen molar-refractivity contribution in [3.05, 3.63) is 57.6 Å². The number of benzene rings is 2. The Morgan fingerprint density at radius 3 is 2.43 bits per heavy atom. The van der Waals surface area contributed by atoms with E-state index in [1.54, 1.807) is 0 Å². The van der Waals surface area contributed by atoms with Crippen molar-refractivity contribution in [1.82, 2.24) is 0 Å². The highest BCUT2D eigenvalue weighted by Gasteiger charge is 2.14. The fourth-order valence-corrected chi connectivity index (χ4v) is 1.97. The van der Waals surface area contributed by atoms with E-state index in [-0.39, 0.29) is 27.5 Å². The van der Waals surface area contributed by atoms with Crippen molar-refractivity contribution in [2.24, 2.45) is 0 Å². The molecule has 0 aliphatic heterocycles. The second kappa shape index (κ2) is 6.03. The normalized spacial score (nSPS) is 10.2. The lowest BCUT2D eigenvalue weighted by Gasteiger charge is -2.09. The first-order valence-electron chi connectivity index (χ1n) is 5.77. The number of hydrogen-bond acceptors (Lipinski definition) is 3. The van der Waals surface area contributed by atoms with Gasteiger partial charge < -0.3 is 16.2 Å². The molecule has 108 valence electrons. The first-order valence-corrected chi connectivity index (χ1v) is 6.53. The summed E-state index contributed by atoms with van der Waals surface area (Å²) in [5, 5.41) is 12.2. The number of halogens is 2. The molecule has 0 saturated heterocycles. The SMILES string of the molecule is Nc1cc(C(=O)Nc2ccc(Cl)cc2C(=O)O)ccc1Cl. The predicted octanol–water partition coefficient (Wildman–Crippen LogP) is 3.53. The van der Waals surface area contributed by atoms with E-state index in [2.05, 4.69) is 5.32 Å². The molecule has 21 heavy (non-hydrogen) atoms. The second-order valence-electron chi connectivity index (χ2n) is 4.19. The van der Waals surface area contributed by atoms with Crippen LogP contribution < -0.4 is 11.1 Å². The predicted molar refractivity (Wildman–Crippen MR) is 82.2 cm³/mol. The van der Waals surface area contributed by atoms with Crippen LogP contribution >= 0.6 is 23.2 Å². The van der Waals surface area contributed by atoms with Crippen LogP contribution in [0.5, 0.6) is 0 Å². The minimum atomic E-state index is -1.19. The third-order valence-electron chi connectivity index (χ3n) is 2.72. The first kappa shape index (κ1) is 15.2. The molecule has 0 bridgehead atoms. The van der Waals surface area contributed by atoms with Gasteiger partial charge >= 0.3 is 5.97 Å². The number of carbonyl (C=O) groups excluding carboxylic acids is 1. The summed E-state index contributed by atoms with van der Waals surface area (Å²) in [7, 11) is 0. The van der Waals surface area contributed by atoms with E-state index in [0.29, 0.717) is 5.02 Å². The average molecular weight is 325 g/mol. The number of anilines is 2. The zero-order valence-electron chi connectivity index (χ0n) is 10.6. The van der Waals surface area contributed by atoms with Gasteiger partial charge in [0.1, 0.15) is 0 Å². The van der Waals surface area contributed by atoms with Crippen LogP contribution in [0.3, 0.4) is 0 Å². The van der Waals surface area contributed by atoms with Gasteiger partial charge in [-0.05, 0) is 36.4 Å². The molecular weight excluding hydrogens is 315 g/mol. The maximum Gasteiger partial charge on any atom is 0.337 e. The van der Waals surface area contributed by atoms with Gasteiger partial charge in [0.25, 0.3) is 5.91 Å². The summed E-state index contributed by atoms with van der Waals surface area (Å²) < 4.78 is 0. The second-order valence-corrected chi connectivity index (χ2v) is 5.03. The van der Waals surface area contributed by atoms with Crippen LogP contribution in [0.15, 0.2) is 36.4 Å². The van der Waals surface area contributed by atoms with E-state index < -0.39 is 11.9 Å². The summed E-state index contributed by atoms with van der Waals surface area (Å²) in [5.41, 5.74) is 6.20. The minimum absolute atomic E-state index is 0.0993. The number of rotatable bonds is 3. The van der Waals surface area contributed by atoms with E-state index in [0.717, 1.165) is 0 Å². The van der Waals surface area contributed by atoms with Gasteiger partial charge in [-0.1, -0.05) is 23.2 Å². The summed E-state index contributed by atoms with van der Waals surface area (Å²) in [6.07, 6.45) is 0. The zero-order chi connectivity index (χ0) is 15.6. The first-order chi connectivity index (χ1) is 9.88. The molecule has 4 N–H and O–H groups in total. The number of amides is 1. The quantitative estimate of drug-likeness (QED) is 0.753. The third-order valence-corrected chi connectivity index (χ3v) is 3.30. The summed E-state index contributed by atoms with van der Waals surface area (Å²) in [6, 6.07) is 8.56. The highest BCUT2D eigenvalue weighted by Crippen LogP contribution is 2.23. The molecule has 2 aromatic rings. The number of nitrogen functional groups attached to an aromatic ring is 1. The van der Waals surface area contributed by atoms with E-state index in [1.807, 2.05) is 0 Å². The van der Waals surface area contributed by atoms with Crippen LogP contribution in [0.1, 0.15) is 20.7 Å². The van der Waals surface area contributed by atoms with Gasteiger partial charge in [0.05, 0.1) is 22.0 Å². The molecule has 0 spiro atoms. The highest BCUT2D eigenvalue weighted by atomic mass is 35.5. The van der Waals surface area contributed by atoms with Gasteiger partial charge in [-0.3, -0.25) is 4.79 Å². The molecule has 0 fully saturated rings. The van der Waals surface area contributed by atoms with Crippen LogP contribution in [-0.2, 0) is 0 Å². The van der Waals surface area contributed by atoms with Gasteiger partial charge in [-0.25, -0.2) is 4.79 Å². The molecule has 0 radical (unpaired) electrons. The Morgan fingerprint density at radius 2 is 1.81 bits per heavy atom. The Kier molecular flexibility index (Phi) is 4.35. The van der Waals surface area contributed by atoms with Crippen molar-refractivity contribution < 1.29 is 14.7 Å². The van der Waals surface area contributed by atoms with Crippen LogP contribution in [0.4, 0.5) is 11.4 Å². The van der Waals surface area contributed by atoms with Crippen LogP contribution in [0, 0.1) is 0 Å². The number of nitrogens with two attached hydrogens (primary N) is 1.